The van der Waals surface area contributed by atoms with Crippen LogP contribution in [-0.2, 0) is 4.79 Å². The summed E-state index contributed by atoms with van der Waals surface area (Å²) < 4.78 is 0. The van der Waals surface area contributed by atoms with Gasteiger partial charge >= 0.3 is 0 Å². The summed E-state index contributed by atoms with van der Waals surface area (Å²) >= 11 is 6.31. The second-order valence-electron chi connectivity index (χ2n) is 7.25. The molecule has 154 valence electrons. The Kier molecular flexibility index (Phi) is 6.53. The largest absolute Gasteiger partial charge is 0.366 e. The van der Waals surface area contributed by atoms with Gasteiger partial charge in [0.05, 0.1) is 6.20 Å². The molecule has 2 aromatic rings. The van der Waals surface area contributed by atoms with Gasteiger partial charge < -0.3 is 21.7 Å². The summed E-state index contributed by atoms with van der Waals surface area (Å²) in [7, 11) is 0. The van der Waals surface area contributed by atoms with Crippen molar-refractivity contribution < 1.29 is 9.59 Å². The molecule has 0 aliphatic heterocycles. The van der Waals surface area contributed by atoms with E-state index in [9.17, 15) is 9.59 Å². The number of carbonyl (C=O) groups excluding carboxylic acids is 2. The van der Waals surface area contributed by atoms with E-state index in [1.54, 1.807) is 18.2 Å². The third-order valence-electron chi connectivity index (χ3n) is 4.99. The number of benzene rings is 1. The topological polar surface area (TPSA) is 122 Å². The number of primary amides is 1. The third kappa shape index (κ3) is 5.35. The van der Waals surface area contributed by atoms with Gasteiger partial charge in [0.15, 0.2) is 5.82 Å². The van der Waals surface area contributed by atoms with Gasteiger partial charge in [0.25, 0.3) is 0 Å². The highest BCUT2D eigenvalue weighted by Gasteiger charge is 2.26. The lowest BCUT2D eigenvalue weighted by Crippen LogP contribution is -2.48. The van der Waals surface area contributed by atoms with Crippen LogP contribution in [0.4, 0.5) is 17.5 Å². The molecule has 1 aromatic heterocycles. The summed E-state index contributed by atoms with van der Waals surface area (Å²) in [5.74, 6) is 0.280. The number of hydrogen-bond acceptors (Lipinski definition) is 6. The molecule has 1 heterocycles. The Bertz CT molecular complexity index is 920. The zero-order valence-corrected chi connectivity index (χ0v) is 17.2. The van der Waals surface area contributed by atoms with E-state index in [1.165, 1.54) is 13.1 Å². The molecule has 1 aromatic carbocycles. The molecule has 8 nitrogen and oxygen atoms in total. The molecule has 9 heteroatoms. The van der Waals surface area contributed by atoms with Gasteiger partial charge in [-0.05, 0) is 37.5 Å². The first-order valence-electron chi connectivity index (χ1n) is 9.57. The lowest BCUT2D eigenvalue weighted by Gasteiger charge is -2.33. The number of aryl methyl sites for hydroxylation is 1. The van der Waals surface area contributed by atoms with Crippen molar-refractivity contribution in [1.82, 2.24) is 15.3 Å². The van der Waals surface area contributed by atoms with E-state index in [0.717, 1.165) is 31.2 Å². The summed E-state index contributed by atoms with van der Waals surface area (Å²) in [5, 5.41) is 9.88. The number of nitrogens with one attached hydrogen (secondary N) is 3. The Balaban J connectivity index is 1.80. The molecule has 0 bridgehead atoms. The Morgan fingerprint density at radius 1 is 1.21 bits per heavy atom. The maximum absolute atomic E-state index is 11.5. The molecule has 2 atom stereocenters. The zero-order chi connectivity index (χ0) is 21.0. The van der Waals surface area contributed by atoms with Crippen molar-refractivity contribution >= 4 is 40.9 Å². The first kappa shape index (κ1) is 20.9. The second kappa shape index (κ2) is 9.09. The van der Waals surface area contributed by atoms with Gasteiger partial charge in [-0.25, -0.2) is 4.98 Å². The molecule has 1 fully saturated rings. The van der Waals surface area contributed by atoms with Gasteiger partial charge in [0.2, 0.25) is 17.8 Å². The third-order valence-corrected chi connectivity index (χ3v) is 5.27. The molecular formula is C20H25ClN6O2. The molecule has 0 radical (unpaired) electrons. The Morgan fingerprint density at radius 2 is 1.93 bits per heavy atom. The number of carbonyl (C=O) groups is 2. The first-order chi connectivity index (χ1) is 13.8. The molecule has 0 unspecified atom stereocenters. The molecule has 1 aliphatic carbocycles. The molecule has 1 saturated carbocycles. The summed E-state index contributed by atoms with van der Waals surface area (Å²) in [6, 6.07) is 5.20. The highest BCUT2D eigenvalue weighted by atomic mass is 35.5. The van der Waals surface area contributed by atoms with Crippen LogP contribution in [0.25, 0.3) is 0 Å². The fourth-order valence-electron chi connectivity index (χ4n) is 3.47. The quantitative estimate of drug-likeness (QED) is 0.573. The number of rotatable bonds is 6. The number of nitrogens with two attached hydrogens (primary N) is 1. The van der Waals surface area contributed by atoms with E-state index in [0.29, 0.717) is 28.0 Å². The summed E-state index contributed by atoms with van der Waals surface area (Å²) in [5.41, 5.74) is 7.36. The number of nitrogens with zero attached hydrogens (tertiary/aromatic N) is 2. The number of halogens is 1. The van der Waals surface area contributed by atoms with Crippen molar-refractivity contribution in [2.45, 2.75) is 51.6 Å². The maximum atomic E-state index is 11.5. The maximum Gasteiger partial charge on any atom is 0.248 e. The number of amides is 2. The SMILES string of the molecule is CC(=O)N[C@H]1CCCC[C@@H]1Nc1nc(Nc2cc(C(N)=O)ccc2C)ncc1Cl. The van der Waals surface area contributed by atoms with Gasteiger partial charge in [0, 0.05) is 30.3 Å². The van der Waals surface area contributed by atoms with Crippen molar-refractivity contribution in [1.29, 1.82) is 0 Å². The van der Waals surface area contributed by atoms with Crippen LogP contribution in [0.1, 0.15) is 48.5 Å². The fraction of sp³-hybridized carbons (Fsp3) is 0.400. The number of hydrogen-bond donors (Lipinski definition) is 4. The van der Waals surface area contributed by atoms with Crippen LogP contribution >= 0.6 is 11.6 Å². The normalized spacial score (nSPS) is 18.7. The van der Waals surface area contributed by atoms with Gasteiger partial charge in [0.1, 0.15) is 5.02 Å². The molecule has 1 aliphatic rings. The minimum atomic E-state index is -0.506. The van der Waals surface area contributed by atoms with Crippen molar-refractivity contribution in [2.75, 3.05) is 10.6 Å². The van der Waals surface area contributed by atoms with Gasteiger partial charge in [-0.1, -0.05) is 30.5 Å². The molecule has 3 rings (SSSR count). The summed E-state index contributed by atoms with van der Waals surface area (Å²) in [6.07, 6.45) is 5.48. The predicted molar refractivity (Wildman–Crippen MR) is 114 cm³/mol. The highest BCUT2D eigenvalue weighted by Crippen LogP contribution is 2.27. The second-order valence-corrected chi connectivity index (χ2v) is 7.66. The highest BCUT2D eigenvalue weighted by molar-refractivity contribution is 6.32. The van der Waals surface area contributed by atoms with Gasteiger partial charge in [-0.3, -0.25) is 9.59 Å². The Morgan fingerprint density at radius 3 is 2.62 bits per heavy atom. The van der Waals surface area contributed by atoms with Crippen LogP contribution < -0.4 is 21.7 Å². The van der Waals surface area contributed by atoms with E-state index in [4.69, 9.17) is 17.3 Å². The first-order valence-corrected chi connectivity index (χ1v) is 9.95. The summed E-state index contributed by atoms with van der Waals surface area (Å²) in [6.45, 7) is 3.43. The smallest absolute Gasteiger partial charge is 0.248 e. The van der Waals surface area contributed by atoms with E-state index >= 15 is 0 Å². The van der Waals surface area contributed by atoms with Crippen molar-refractivity contribution in [3.8, 4) is 0 Å². The van der Waals surface area contributed by atoms with Crippen LogP contribution in [0, 0.1) is 6.92 Å². The van der Waals surface area contributed by atoms with Crippen molar-refractivity contribution in [2.24, 2.45) is 5.73 Å². The summed E-state index contributed by atoms with van der Waals surface area (Å²) in [4.78, 5) is 31.7. The van der Waals surface area contributed by atoms with Crippen LogP contribution in [0.15, 0.2) is 24.4 Å². The predicted octanol–water partition coefficient (Wildman–Crippen LogP) is 3.14. The van der Waals surface area contributed by atoms with Crippen molar-refractivity contribution in [3.63, 3.8) is 0 Å². The van der Waals surface area contributed by atoms with E-state index in [1.807, 2.05) is 6.92 Å². The number of aromatic nitrogens is 2. The minimum Gasteiger partial charge on any atom is -0.366 e. The molecule has 2 amide bonds. The lowest BCUT2D eigenvalue weighted by atomic mass is 9.90. The molecule has 29 heavy (non-hydrogen) atoms. The van der Waals surface area contributed by atoms with E-state index in [2.05, 4.69) is 25.9 Å². The molecular weight excluding hydrogens is 392 g/mol. The van der Waals surface area contributed by atoms with E-state index in [-0.39, 0.29) is 18.0 Å². The van der Waals surface area contributed by atoms with Crippen LogP contribution in [0.5, 0.6) is 0 Å². The molecule has 0 spiro atoms. The average molecular weight is 417 g/mol. The van der Waals surface area contributed by atoms with Crippen LogP contribution in [0.3, 0.4) is 0 Å². The monoisotopic (exact) mass is 416 g/mol. The average Bonchev–Trinajstić information content (AvgIpc) is 2.67. The Hall–Kier alpha value is -2.87. The minimum absolute atomic E-state index is 0.0261. The van der Waals surface area contributed by atoms with Crippen molar-refractivity contribution in [3.05, 3.63) is 40.5 Å². The number of anilines is 3. The standard InChI is InChI=1S/C20H25ClN6O2/c1-11-7-8-13(18(22)29)9-17(11)26-20-23-10-14(21)19(27-20)25-16-6-4-3-5-15(16)24-12(2)28/h7-10,15-16H,3-6H2,1-2H3,(H2,22,29)(H,24,28)(H2,23,25,26,27)/t15-,16-/m0/s1. The Labute approximate surface area is 174 Å². The zero-order valence-electron chi connectivity index (χ0n) is 16.5. The lowest BCUT2D eigenvalue weighted by molar-refractivity contribution is -0.119. The van der Waals surface area contributed by atoms with Gasteiger partial charge in [-0.15, -0.1) is 0 Å². The van der Waals surface area contributed by atoms with E-state index < -0.39 is 5.91 Å². The molecule has 5 N–H and O–H groups in total. The van der Waals surface area contributed by atoms with Crippen LogP contribution in [0.2, 0.25) is 5.02 Å². The fourth-order valence-corrected chi connectivity index (χ4v) is 3.62. The van der Waals surface area contributed by atoms with Gasteiger partial charge in [-0.2, -0.15) is 4.98 Å². The van der Waals surface area contributed by atoms with Crippen LogP contribution in [-0.4, -0.2) is 33.9 Å². The molecule has 0 saturated heterocycles.